The van der Waals surface area contributed by atoms with Crippen LogP contribution in [0.15, 0.2) is 94.2 Å². The largest absolute Gasteiger partial charge is 0.468 e. The first-order valence-electron chi connectivity index (χ1n) is 11.7. The molecule has 0 aliphatic heterocycles. The molecule has 0 amide bonds. The molecule has 1 heterocycles. The van der Waals surface area contributed by atoms with Crippen LogP contribution >= 0.6 is 23.1 Å². The van der Waals surface area contributed by atoms with Crippen molar-refractivity contribution in [3.8, 4) is 11.1 Å². The molecule has 1 N–H and O–H groups in total. The van der Waals surface area contributed by atoms with Crippen molar-refractivity contribution in [3.63, 3.8) is 0 Å². The van der Waals surface area contributed by atoms with E-state index in [0.29, 0.717) is 5.01 Å². The summed E-state index contributed by atoms with van der Waals surface area (Å²) in [5.41, 5.74) is 3.84. The predicted molar refractivity (Wildman–Crippen MR) is 151 cm³/mol. The van der Waals surface area contributed by atoms with Crippen molar-refractivity contribution < 1.29 is 22.7 Å². The molecule has 2 atom stereocenters. The van der Waals surface area contributed by atoms with Gasteiger partial charge in [0.1, 0.15) is 11.1 Å². The lowest BCUT2D eigenvalue weighted by Crippen LogP contribution is -2.46. The van der Waals surface area contributed by atoms with Gasteiger partial charge in [0.15, 0.2) is 6.04 Å². The third-order valence-corrected chi connectivity index (χ3v) is 8.91. The molecule has 0 fully saturated rings. The van der Waals surface area contributed by atoms with E-state index in [9.17, 15) is 13.2 Å². The smallest absolute Gasteiger partial charge is 0.327 e. The zero-order valence-corrected chi connectivity index (χ0v) is 23.6. The fourth-order valence-corrected chi connectivity index (χ4v) is 6.08. The van der Waals surface area contributed by atoms with E-state index < -0.39 is 28.1 Å². The lowest BCUT2D eigenvalue weighted by molar-refractivity contribution is -0.147. The second kappa shape index (κ2) is 12.7. The van der Waals surface area contributed by atoms with Gasteiger partial charge in [-0.2, -0.15) is 4.72 Å². The number of carbonyl (C=O) groups excluding carboxylic acids is 1. The quantitative estimate of drug-likeness (QED) is 0.185. The molecule has 3 aromatic carbocycles. The Labute approximate surface area is 231 Å². The number of ether oxygens (including phenoxy) is 2. The maximum absolute atomic E-state index is 13.4. The number of carbonyl (C=O) groups is 1. The highest BCUT2D eigenvalue weighted by molar-refractivity contribution is 7.98. The van der Waals surface area contributed by atoms with Crippen LogP contribution in [-0.2, 0) is 30.9 Å². The van der Waals surface area contributed by atoms with Gasteiger partial charge >= 0.3 is 5.97 Å². The lowest BCUT2D eigenvalue weighted by atomic mass is 10.1. The Bertz CT molecular complexity index is 1440. The highest BCUT2D eigenvalue weighted by Crippen LogP contribution is 2.28. The number of aryl methyl sites for hydroxylation is 1. The Kier molecular flexibility index (Phi) is 9.35. The van der Waals surface area contributed by atoms with Crippen molar-refractivity contribution in [2.45, 2.75) is 35.5 Å². The van der Waals surface area contributed by atoms with E-state index in [1.807, 2.05) is 61.7 Å². The number of rotatable bonds is 11. The molecule has 0 spiro atoms. The average Bonchev–Trinajstić information content (AvgIpc) is 3.48. The van der Waals surface area contributed by atoms with Crippen LogP contribution in [0.4, 0.5) is 0 Å². The van der Waals surface area contributed by atoms with Crippen molar-refractivity contribution in [3.05, 3.63) is 101 Å². The topological polar surface area (TPSA) is 94.6 Å². The molecule has 4 rings (SSSR count). The van der Waals surface area contributed by atoms with Crippen LogP contribution in [-0.4, -0.2) is 38.8 Å². The van der Waals surface area contributed by atoms with Crippen LogP contribution in [0.25, 0.3) is 11.1 Å². The van der Waals surface area contributed by atoms with E-state index in [1.165, 1.54) is 30.6 Å². The third kappa shape index (κ3) is 6.89. The fourth-order valence-electron chi connectivity index (χ4n) is 3.76. The van der Waals surface area contributed by atoms with E-state index in [4.69, 9.17) is 9.47 Å². The summed E-state index contributed by atoms with van der Waals surface area (Å²) in [5.74, 6) is -0.775. The van der Waals surface area contributed by atoms with Gasteiger partial charge in [0.2, 0.25) is 10.0 Å². The Morgan fingerprint density at radius 2 is 1.63 bits per heavy atom. The molecule has 0 saturated heterocycles. The van der Waals surface area contributed by atoms with E-state index in [1.54, 1.807) is 35.5 Å². The van der Waals surface area contributed by atoms with E-state index >= 15 is 0 Å². The summed E-state index contributed by atoms with van der Waals surface area (Å²) in [6.07, 6.45) is 2.60. The van der Waals surface area contributed by atoms with Crippen molar-refractivity contribution in [1.82, 2.24) is 9.71 Å². The first-order chi connectivity index (χ1) is 18.3. The molecular weight excluding hydrogens is 541 g/mol. The van der Waals surface area contributed by atoms with Crippen molar-refractivity contribution >= 4 is 39.1 Å². The van der Waals surface area contributed by atoms with Gasteiger partial charge in [0.25, 0.3) is 0 Å². The van der Waals surface area contributed by atoms with Gasteiger partial charge in [-0.1, -0.05) is 54.1 Å². The third-order valence-electron chi connectivity index (χ3n) is 5.87. The summed E-state index contributed by atoms with van der Waals surface area (Å²) in [6, 6.07) is 20.9. The zero-order chi connectivity index (χ0) is 27.1. The summed E-state index contributed by atoms with van der Waals surface area (Å²) in [6.45, 7) is 2.14. The summed E-state index contributed by atoms with van der Waals surface area (Å²) in [7, 11) is -2.90. The molecule has 7 nitrogen and oxygen atoms in total. The molecule has 4 aromatic rings. The van der Waals surface area contributed by atoms with Crippen LogP contribution in [0.2, 0.25) is 0 Å². The van der Waals surface area contributed by atoms with Gasteiger partial charge in [-0.05, 0) is 54.1 Å². The average molecular weight is 569 g/mol. The van der Waals surface area contributed by atoms with Gasteiger partial charge in [-0.25, -0.2) is 13.4 Å². The minimum Gasteiger partial charge on any atom is -0.468 e. The molecule has 38 heavy (non-hydrogen) atoms. The van der Waals surface area contributed by atoms with Gasteiger partial charge in [-0.15, -0.1) is 23.1 Å². The molecule has 10 heteroatoms. The Balaban J connectivity index is 1.58. The monoisotopic (exact) mass is 568 g/mol. The minimum atomic E-state index is -4.11. The van der Waals surface area contributed by atoms with Gasteiger partial charge in [0, 0.05) is 16.5 Å². The van der Waals surface area contributed by atoms with Crippen LogP contribution in [0.5, 0.6) is 0 Å². The number of nitrogens with one attached hydrogen (secondary N) is 1. The van der Waals surface area contributed by atoms with Crippen LogP contribution in [0.1, 0.15) is 22.2 Å². The molecule has 0 radical (unpaired) electrons. The number of thiazole rings is 1. The Morgan fingerprint density at radius 1 is 1.00 bits per heavy atom. The maximum Gasteiger partial charge on any atom is 0.327 e. The minimum absolute atomic E-state index is 0.0207. The van der Waals surface area contributed by atoms with Crippen molar-refractivity contribution in [2.75, 3.05) is 13.4 Å². The van der Waals surface area contributed by atoms with Crippen molar-refractivity contribution in [2.24, 2.45) is 0 Å². The normalized spacial score (nSPS) is 13.1. The maximum atomic E-state index is 13.4. The number of hydrogen-bond acceptors (Lipinski definition) is 8. The van der Waals surface area contributed by atoms with Crippen molar-refractivity contribution in [1.29, 1.82) is 0 Å². The number of thioether (sulfide) groups is 1. The molecular formula is C28H28N2O5S3. The van der Waals surface area contributed by atoms with E-state index in [-0.39, 0.29) is 11.5 Å². The number of hydrogen-bond donors (Lipinski definition) is 1. The van der Waals surface area contributed by atoms with Gasteiger partial charge in [-0.3, -0.25) is 4.79 Å². The lowest BCUT2D eigenvalue weighted by Gasteiger charge is -2.25. The molecule has 0 aliphatic rings. The number of aromatic nitrogens is 1. The number of sulfonamides is 1. The highest BCUT2D eigenvalue weighted by Gasteiger charge is 2.37. The number of nitrogens with zero attached hydrogens (tertiary/aromatic N) is 1. The van der Waals surface area contributed by atoms with Crippen LogP contribution in [0.3, 0.4) is 0 Å². The van der Waals surface area contributed by atoms with E-state index in [0.717, 1.165) is 27.1 Å². The molecule has 0 unspecified atom stereocenters. The van der Waals surface area contributed by atoms with Gasteiger partial charge < -0.3 is 9.47 Å². The highest BCUT2D eigenvalue weighted by atomic mass is 32.2. The first kappa shape index (κ1) is 28.0. The standard InChI is InChI=1S/C28H28N2O5S3/c1-19-4-6-20(7-5-19)18-35-26(27-29-16-17-37-27)25(28(31)34-2)30-38(32,33)24-14-10-22(11-15-24)21-8-12-23(36-3)13-9-21/h4-17,25-26,30H,18H2,1-3H3/t25-,26+/m1/s1. The first-order valence-corrected chi connectivity index (χ1v) is 15.3. The molecule has 0 saturated carbocycles. The SMILES string of the molecule is COC(=O)[C@H](NS(=O)(=O)c1ccc(-c2ccc(SC)cc2)cc1)[C@H](OCc1ccc(C)cc1)c1nccs1. The molecule has 1 aromatic heterocycles. The van der Waals surface area contributed by atoms with E-state index in [2.05, 4.69) is 9.71 Å². The fraction of sp³-hybridized carbons (Fsp3) is 0.214. The van der Waals surface area contributed by atoms with Crippen LogP contribution < -0.4 is 4.72 Å². The van der Waals surface area contributed by atoms with Crippen LogP contribution in [0, 0.1) is 6.92 Å². The molecule has 0 bridgehead atoms. The Morgan fingerprint density at radius 3 is 2.18 bits per heavy atom. The molecule has 198 valence electrons. The Hall–Kier alpha value is -3.02. The second-order valence-electron chi connectivity index (χ2n) is 8.46. The summed E-state index contributed by atoms with van der Waals surface area (Å²) in [4.78, 5) is 18.3. The van der Waals surface area contributed by atoms with Gasteiger partial charge in [0.05, 0.1) is 18.6 Å². The zero-order valence-electron chi connectivity index (χ0n) is 21.2. The summed E-state index contributed by atoms with van der Waals surface area (Å²) < 4.78 is 40.3. The number of methoxy groups -OCH3 is 1. The number of esters is 1. The summed E-state index contributed by atoms with van der Waals surface area (Å²) >= 11 is 2.92. The number of benzene rings is 3. The molecule has 0 aliphatic carbocycles. The summed E-state index contributed by atoms with van der Waals surface area (Å²) in [5, 5.41) is 2.20. The second-order valence-corrected chi connectivity index (χ2v) is 12.0. The predicted octanol–water partition coefficient (Wildman–Crippen LogP) is 5.62.